The highest BCUT2D eigenvalue weighted by Crippen LogP contribution is 2.23. The van der Waals surface area contributed by atoms with E-state index in [4.69, 9.17) is 4.74 Å². The highest BCUT2D eigenvalue weighted by atomic mass is 127. The number of hydrogen-bond acceptors (Lipinski definition) is 4. The van der Waals surface area contributed by atoms with E-state index in [1.54, 1.807) is 20.2 Å². The number of nitrogens with zero attached hydrogens (tertiary/aromatic N) is 2. The van der Waals surface area contributed by atoms with E-state index in [2.05, 4.69) is 27.4 Å². The Morgan fingerprint density at radius 2 is 2.20 bits per heavy atom. The number of likely N-dealkylation sites (tertiary alicyclic amines) is 1. The third-order valence-corrected chi connectivity index (χ3v) is 4.61. The highest BCUT2D eigenvalue weighted by molar-refractivity contribution is 14.0. The number of likely N-dealkylation sites (N-methyl/N-ethyl adjacent to an activating group) is 1. The molecule has 1 saturated heterocycles. The summed E-state index contributed by atoms with van der Waals surface area (Å²) in [6.07, 6.45) is 3.25. The molecule has 7 heteroatoms. The second-order valence-electron chi connectivity index (χ2n) is 6.05. The van der Waals surface area contributed by atoms with E-state index in [0.717, 1.165) is 31.0 Å². The van der Waals surface area contributed by atoms with Crippen molar-refractivity contribution < 1.29 is 9.84 Å². The first-order valence-corrected chi connectivity index (χ1v) is 8.72. The summed E-state index contributed by atoms with van der Waals surface area (Å²) < 4.78 is 5.10. The fraction of sp³-hybridized carbons (Fsp3) is 0.611. The van der Waals surface area contributed by atoms with Gasteiger partial charge in [-0.2, -0.15) is 0 Å². The third kappa shape index (κ3) is 6.54. The van der Waals surface area contributed by atoms with Crippen LogP contribution in [0.3, 0.4) is 0 Å². The van der Waals surface area contributed by atoms with Gasteiger partial charge in [0.15, 0.2) is 5.96 Å². The fourth-order valence-corrected chi connectivity index (χ4v) is 3.18. The van der Waals surface area contributed by atoms with Gasteiger partial charge in [-0.25, -0.2) is 0 Å². The number of aromatic hydroxyl groups is 1. The van der Waals surface area contributed by atoms with Crippen molar-refractivity contribution in [2.45, 2.75) is 32.2 Å². The van der Waals surface area contributed by atoms with Crippen molar-refractivity contribution in [2.75, 3.05) is 40.3 Å². The van der Waals surface area contributed by atoms with Gasteiger partial charge in [0.05, 0.1) is 7.11 Å². The molecule has 6 nitrogen and oxygen atoms in total. The molecule has 0 saturated carbocycles. The van der Waals surface area contributed by atoms with Crippen molar-refractivity contribution in [1.82, 2.24) is 15.5 Å². The highest BCUT2D eigenvalue weighted by Gasteiger charge is 2.22. The van der Waals surface area contributed by atoms with Crippen molar-refractivity contribution in [3.05, 3.63) is 23.8 Å². The molecule has 0 spiro atoms. The van der Waals surface area contributed by atoms with Crippen LogP contribution in [0.15, 0.2) is 23.2 Å². The van der Waals surface area contributed by atoms with Crippen LogP contribution in [-0.4, -0.2) is 62.3 Å². The summed E-state index contributed by atoms with van der Waals surface area (Å²) in [5, 5.41) is 16.7. The molecular formula is C18H31IN4O2. The van der Waals surface area contributed by atoms with Crippen LogP contribution in [0.25, 0.3) is 0 Å². The summed E-state index contributed by atoms with van der Waals surface area (Å²) >= 11 is 0. The maximum absolute atomic E-state index is 9.99. The lowest BCUT2D eigenvalue weighted by Crippen LogP contribution is -2.45. The molecular weight excluding hydrogens is 431 g/mol. The maximum atomic E-state index is 9.99. The minimum Gasteiger partial charge on any atom is -0.508 e. The second kappa shape index (κ2) is 11.4. The zero-order chi connectivity index (χ0) is 17.4. The van der Waals surface area contributed by atoms with Crippen LogP contribution in [0.2, 0.25) is 0 Å². The molecule has 1 atom stereocenters. The largest absolute Gasteiger partial charge is 0.508 e. The van der Waals surface area contributed by atoms with Crippen LogP contribution >= 0.6 is 24.0 Å². The third-order valence-electron chi connectivity index (χ3n) is 4.61. The number of methoxy groups -OCH3 is 1. The summed E-state index contributed by atoms with van der Waals surface area (Å²) in [5.74, 6) is 1.74. The van der Waals surface area contributed by atoms with Crippen molar-refractivity contribution in [2.24, 2.45) is 4.99 Å². The normalized spacial score (nSPS) is 17.9. The lowest BCUT2D eigenvalue weighted by Gasteiger charge is -2.24. The minimum absolute atomic E-state index is 0. The fourth-order valence-electron chi connectivity index (χ4n) is 3.18. The van der Waals surface area contributed by atoms with Gasteiger partial charge in [0.1, 0.15) is 11.5 Å². The SMILES string of the molecule is CCN1CCCC1CNC(=NC)NCCc1ccc(OC)cc1O.I. The van der Waals surface area contributed by atoms with Gasteiger partial charge < -0.3 is 20.5 Å². The van der Waals surface area contributed by atoms with Crippen molar-refractivity contribution in [1.29, 1.82) is 0 Å². The van der Waals surface area contributed by atoms with Crippen molar-refractivity contribution in [3.63, 3.8) is 0 Å². The summed E-state index contributed by atoms with van der Waals surface area (Å²) in [5.41, 5.74) is 0.895. The van der Waals surface area contributed by atoms with E-state index in [1.165, 1.54) is 19.4 Å². The first-order valence-electron chi connectivity index (χ1n) is 8.72. The molecule has 3 N–H and O–H groups in total. The summed E-state index contributed by atoms with van der Waals surface area (Å²) in [6.45, 7) is 6.15. The Kier molecular flexibility index (Phi) is 9.96. The average Bonchev–Trinajstić information content (AvgIpc) is 3.06. The van der Waals surface area contributed by atoms with Crippen LogP contribution in [0, 0.1) is 0 Å². The molecule has 1 unspecified atom stereocenters. The van der Waals surface area contributed by atoms with Crippen LogP contribution < -0.4 is 15.4 Å². The second-order valence-corrected chi connectivity index (χ2v) is 6.05. The monoisotopic (exact) mass is 462 g/mol. The molecule has 1 aliphatic heterocycles. The van der Waals surface area contributed by atoms with Crippen molar-refractivity contribution in [3.8, 4) is 11.5 Å². The molecule has 1 heterocycles. The molecule has 0 bridgehead atoms. The van der Waals surface area contributed by atoms with E-state index in [0.29, 0.717) is 18.3 Å². The minimum atomic E-state index is 0. The van der Waals surface area contributed by atoms with Crippen LogP contribution in [0.5, 0.6) is 11.5 Å². The number of guanidine groups is 1. The van der Waals surface area contributed by atoms with E-state index in [1.807, 2.05) is 12.1 Å². The van der Waals surface area contributed by atoms with E-state index < -0.39 is 0 Å². The number of phenols is 1. The van der Waals surface area contributed by atoms with Crippen LogP contribution in [0.1, 0.15) is 25.3 Å². The molecule has 1 aromatic carbocycles. The number of halogens is 1. The summed E-state index contributed by atoms with van der Waals surface area (Å²) in [4.78, 5) is 6.78. The lowest BCUT2D eigenvalue weighted by molar-refractivity contribution is 0.267. The molecule has 142 valence electrons. The van der Waals surface area contributed by atoms with Gasteiger partial charge >= 0.3 is 0 Å². The van der Waals surface area contributed by atoms with Crippen LogP contribution in [0.4, 0.5) is 0 Å². The smallest absolute Gasteiger partial charge is 0.191 e. The van der Waals surface area contributed by atoms with Gasteiger partial charge in [0.2, 0.25) is 0 Å². The number of hydrogen-bond donors (Lipinski definition) is 3. The van der Waals surface area contributed by atoms with E-state index >= 15 is 0 Å². The zero-order valence-electron chi connectivity index (χ0n) is 15.4. The average molecular weight is 462 g/mol. The first kappa shape index (κ1) is 21.8. The van der Waals surface area contributed by atoms with E-state index in [-0.39, 0.29) is 29.7 Å². The Balaban J connectivity index is 0.00000312. The number of rotatable bonds is 7. The number of nitrogens with one attached hydrogen (secondary N) is 2. The molecule has 0 aromatic heterocycles. The van der Waals surface area contributed by atoms with Gasteiger partial charge in [0, 0.05) is 32.2 Å². The maximum Gasteiger partial charge on any atom is 0.191 e. The van der Waals surface area contributed by atoms with Gasteiger partial charge in [-0.3, -0.25) is 9.89 Å². The standard InChI is InChI=1S/C18H30N4O2.HI/c1-4-22-11-5-6-15(22)13-21-18(19-2)20-10-9-14-7-8-16(24-3)12-17(14)23;/h7-8,12,15,23H,4-6,9-11,13H2,1-3H3,(H2,19,20,21);1H. The molecule has 1 aliphatic rings. The number of phenolic OH excluding ortho intramolecular Hbond substituents is 1. The van der Waals surface area contributed by atoms with Gasteiger partial charge in [-0.15, -0.1) is 24.0 Å². The Morgan fingerprint density at radius 1 is 1.40 bits per heavy atom. The Bertz CT molecular complexity index is 554. The predicted octanol–water partition coefficient (Wildman–Crippen LogP) is 2.21. The number of aliphatic imine (C=N–C) groups is 1. The Labute approximate surface area is 168 Å². The Hall–Kier alpha value is -1.22. The first-order chi connectivity index (χ1) is 11.7. The van der Waals surface area contributed by atoms with Gasteiger partial charge in [-0.1, -0.05) is 13.0 Å². The van der Waals surface area contributed by atoms with Crippen molar-refractivity contribution >= 4 is 29.9 Å². The number of benzene rings is 1. The van der Waals surface area contributed by atoms with Gasteiger partial charge in [0.25, 0.3) is 0 Å². The van der Waals surface area contributed by atoms with Crippen LogP contribution in [-0.2, 0) is 6.42 Å². The molecule has 0 radical (unpaired) electrons. The topological polar surface area (TPSA) is 69.1 Å². The molecule has 0 amide bonds. The predicted molar refractivity (Wildman–Crippen MR) is 113 cm³/mol. The van der Waals surface area contributed by atoms with E-state index in [9.17, 15) is 5.11 Å². The molecule has 0 aliphatic carbocycles. The summed E-state index contributed by atoms with van der Waals surface area (Å²) in [6, 6.07) is 5.99. The molecule has 2 rings (SSSR count). The van der Waals surface area contributed by atoms with Gasteiger partial charge in [-0.05, 0) is 44.0 Å². The molecule has 1 aromatic rings. The molecule has 1 fully saturated rings. The zero-order valence-corrected chi connectivity index (χ0v) is 17.7. The molecule has 25 heavy (non-hydrogen) atoms. The number of ether oxygens (including phenoxy) is 1. The Morgan fingerprint density at radius 3 is 2.84 bits per heavy atom. The quantitative estimate of drug-likeness (QED) is 0.330. The summed E-state index contributed by atoms with van der Waals surface area (Å²) in [7, 11) is 3.38. The lowest BCUT2D eigenvalue weighted by atomic mass is 10.1.